The summed E-state index contributed by atoms with van der Waals surface area (Å²) in [5, 5.41) is 3.81. The van der Waals surface area contributed by atoms with E-state index in [4.69, 9.17) is 27.9 Å². The highest BCUT2D eigenvalue weighted by Gasteiger charge is 2.28. The standard InChI is InChI=1S/C24H30Cl2N2O3/c1-6-17(4)27-24(30)18(5)28(13-19-20(25)8-7-9-21(19)26)23(29)14-31-22-12-15(2)10-11-16(22)3/h7-12,17-18H,6,13-14H2,1-5H3,(H,27,30)/t17-,18+/m0/s1. The molecule has 0 bridgehead atoms. The van der Waals surface area contributed by atoms with E-state index in [1.165, 1.54) is 4.90 Å². The summed E-state index contributed by atoms with van der Waals surface area (Å²) >= 11 is 12.7. The van der Waals surface area contributed by atoms with Gasteiger partial charge >= 0.3 is 0 Å². The molecule has 0 aliphatic heterocycles. The van der Waals surface area contributed by atoms with Crippen molar-refractivity contribution in [3.63, 3.8) is 0 Å². The van der Waals surface area contributed by atoms with Gasteiger partial charge in [-0.2, -0.15) is 0 Å². The first kappa shape index (κ1) is 25.0. The molecule has 0 saturated heterocycles. The van der Waals surface area contributed by atoms with Crippen LogP contribution in [0.3, 0.4) is 0 Å². The molecule has 0 aromatic heterocycles. The first-order chi connectivity index (χ1) is 14.6. The van der Waals surface area contributed by atoms with Crippen molar-refractivity contribution in [2.75, 3.05) is 6.61 Å². The van der Waals surface area contributed by atoms with Gasteiger partial charge in [-0.1, -0.05) is 48.3 Å². The molecule has 5 nitrogen and oxygen atoms in total. The summed E-state index contributed by atoms with van der Waals surface area (Å²) in [5.41, 5.74) is 2.56. The Morgan fingerprint density at radius 1 is 1.10 bits per heavy atom. The van der Waals surface area contributed by atoms with Gasteiger partial charge in [0.25, 0.3) is 5.91 Å². The minimum atomic E-state index is -0.726. The fourth-order valence-corrected chi connectivity index (χ4v) is 3.50. The van der Waals surface area contributed by atoms with Crippen LogP contribution in [-0.2, 0) is 16.1 Å². The predicted molar refractivity (Wildman–Crippen MR) is 126 cm³/mol. The van der Waals surface area contributed by atoms with Gasteiger partial charge in [-0.25, -0.2) is 0 Å². The Bertz CT molecular complexity index is 913. The van der Waals surface area contributed by atoms with Crippen LogP contribution in [0.1, 0.15) is 43.9 Å². The normalized spacial score (nSPS) is 12.7. The molecule has 2 aromatic carbocycles. The van der Waals surface area contributed by atoms with E-state index in [1.54, 1.807) is 25.1 Å². The molecule has 7 heteroatoms. The number of nitrogens with one attached hydrogen (secondary N) is 1. The van der Waals surface area contributed by atoms with Crippen molar-refractivity contribution in [3.8, 4) is 5.75 Å². The third-order valence-corrected chi connectivity index (χ3v) is 5.96. The fraction of sp³-hybridized carbons (Fsp3) is 0.417. The zero-order chi connectivity index (χ0) is 23.1. The summed E-state index contributed by atoms with van der Waals surface area (Å²) in [6, 6.07) is 10.2. The lowest BCUT2D eigenvalue weighted by atomic mass is 10.1. The van der Waals surface area contributed by atoms with E-state index < -0.39 is 6.04 Å². The van der Waals surface area contributed by atoms with Crippen LogP contribution in [0.15, 0.2) is 36.4 Å². The molecule has 2 atom stereocenters. The number of rotatable bonds is 9. The summed E-state index contributed by atoms with van der Waals surface area (Å²) in [6.45, 7) is 9.38. The van der Waals surface area contributed by atoms with Crippen LogP contribution in [-0.4, -0.2) is 35.4 Å². The largest absolute Gasteiger partial charge is 0.483 e. The number of hydrogen-bond donors (Lipinski definition) is 1. The quantitative estimate of drug-likeness (QED) is 0.545. The summed E-state index contributed by atoms with van der Waals surface area (Å²) in [6.07, 6.45) is 0.790. The highest BCUT2D eigenvalue weighted by molar-refractivity contribution is 6.36. The summed E-state index contributed by atoms with van der Waals surface area (Å²) < 4.78 is 5.80. The first-order valence-electron chi connectivity index (χ1n) is 10.4. The van der Waals surface area contributed by atoms with Crippen LogP contribution in [0.2, 0.25) is 10.0 Å². The molecule has 0 radical (unpaired) electrons. The van der Waals surface area contributed by atoms with Crippen molar-refractivity contribution in [3.05, 3.63) is 63.1 Å². The smallest absolute Gasteiger partial charge is 0.261 e. The van der Waals surface area contributed by atoms with Crippen LogP contribution < -0.4 is 10.1 Å². The van der Waals surface area contributed by atoms with Crippen molar-refractivity contribution in [1.29, 1.82) is 0 Å². The lowest BCUT2D eigenvalue weighted by Gasteiger charge is -2.30. The Morgan fingerprint density at radius 2 is 1.74 bits per heavy atom. The summed E-state index contributed by atoms with van der Waals surface area (Å²) in [4.78, 5) is 27.4. The summed E-state index contributed by atoms with van der Waals surface area (Å²) in [5.74, 6) is 0.0714. The van der Waals surface area contributed by atoms with E-state index in [-0.39, 0.29) is 31.0 Å². The highest BCUT2D eigenvalue weighted by Crippen LogP contribution is 2.27. The molecule has 0 aliphatic carbocycles. The van der Waals surface area contributed by atoms with Gasteiger partial charge in [-0.05, 0) is 63.4 Å². The van der Waals surface area contributed by atoms with E-state index in [9.17, 15) is 9.59 Å². The summed E-state index contributed by atoms with van der Waals surface area (Å²) in [7, 11) is 0. The molecule has 2 aromatic rings. The van der Waals surface area contributed by atoms with Crippen molar-refractivity contribution < 1.29 is 14.3 Å². The Kier molecular flexibility index (Phi) is 9.20. The van der Waals surface area contributed by atoms with Crippen LogP contribution in [0, 0.1) is 13.8 Å². The zero-order valence-corrected chi connectivity index (χ0v) is 20.2. The number of carbonyl (C=O) groups excluding carboxylic acids is 2. The molecule has 2 rings (SSSR count). The lowest BCUT2D eigenvalue weighted by molar-refractivity contribution is -0.142. The van der Waals surface area contributed by atoms with Gasteiger partial charge in [-0.15, -0.1) is 0 Å². The van der Waals surface area contributed by atoms with E-state index in [1.807, 2.05) is 45.9 Å². The van der Waals surface area contributed by atoms with Crippen LogP contribution in [0.5, 0.6) is 5.75 Å². The third-order valence-electron chi connectivity index (χ3n) is 5.25. The van der Waals surface area contributed by atoms with Crippen LogP contribution in [0.4, 0.5) is 0 Å². The number of hydrogen-bond acceptors (Lipinski definition) is 3. The van der Waals surface area contributed by atoms with Gasteiger partial charge in [0, 0.05) is 28.2 Å². The molecule has 168 valence electrons. The molecule has 0 saturated carbocycles. The Morgan fingerprint density at radius 3 is 2.35 bits per heavy atom. The molecule has 2 amide bonds. The van der Waals surface area contributed by atoms with Crippen molar-refractivity contribution in [2.45, 2.75) is 59.7 Å². The van der Waals surface area contributed by atoms with Gasteiger partial charge in [0.2, 0.25) is 5.91 Å². The Balaban J connectivity index is 2.26. The number of amides is 2. The molecule has 0 unspecified atom stereocenters. The highest BCUT2D eigenvalue weighted by atomic mass is 35.5. The molecule has 31 heavy (non-hydrogen) atoms. The topological polar surface area (TPSA) is 58.6 Å². The molecule has 0 fully saturated rings. The molecule has 0 aliphatic rings. The fourth-order valence-electron chi connectivity index (χ4n) is 2.99. The minimum Gasteiger partial charge on any atom is -0.483 e. The Labute approximate surface area is 194 Å². The SMILES string of the molecule is CC[C@H](C)NC(=O)[C@@H](C)N(Cc1c(Cl)cccc1Cl)C(=O)COc1cc(C)ccc1C. The minimum absolute atomic E-state index is 0.00185. The number of halogens is 2. The van der Waals surface area contributed by atoms with E-state index in [0.717, 1.165) is 17.5 Å². The van der Waals surface area contributed by atoms with Crippen molar-refractivity contribution >= 4 is 35.0 Å². The molecular weight excluding hydrogens is 435 g/mol. The van der Waals surface area contributed by atoms with E-state index >= 15 is 0 Å². The predicted octanol–water partition coefficient (Wildman–Crippen LogP) is 5.32. The third kappa shape index (κ3) is 6.88. The van der Waals surface area contributed by atoms with Crippen molar-refractivity contribution in [1.82, 2.24) is 10.2 Å². The number of benzene rings is 2. The van der Waals surface area contributed by atoms with Gasteiger partial charge in [0.1, 0.15) is 11.8 Å². The van der Waals surface area contributed by atoms with Gasteiger partial charge in [0.15, 0.2) is 6.61 Å². The lowest BCUT2D eigenvalue weighted by Crippen LogP contribution is -2.50. The van der Waals surface area contributed by atoms with Crippen molar-refractivity contribution in [2.24, 2.45) is 0 Å². The van der Waals surface area contributed by atoms with Crippen LogP contribution >= 0.6 is 23.2 Å². The first-order valence-corrected chi connectivity index (χ1v) is 11.1. The molecular formula is C24H30Cl2N2O3. The van der Waals surface area contributed by atoms with E-state index in [0.29, 0.717) is 21.4 Å². The maximum absolute atomic E-state index is 13.2. The average Bonchev–Trinajstić information content (AvgIpc) is 2.73. The molecule has 1 N–H and O–H groups in total. The number of nitrogens with zero attached hydrogens (tertiary/aromatic N) is 1. The van der Waals surface area contributed by atoms with Crippen LogP contribution in [0.25, 0.3) is 0 Å². The molecule has 0 spiro atoms. The van der Waals surface area contributed by atoms with Gasteiger partial charge in [-0.3, -0.25) is 9.59 Å². The Hall–Kier alpha value is -2.24. The average molecular weight is 465 g/mol. The van der Waals surface area contributed by atoms with Gasteiger partial charge < -0.3 is 15.0 Å². The second-order valence-electron chi connectivity index (χ2n) is 7.77. The number of aryl methyl sites for hydroxylation is 2. The zero-order valence-electron chi connectivity index (χ0n) is 18.7. The monoisotopic (exact) mass is 464 g/mol. The van der Waals surface area contributed by atoms with E-state index in [2.05, 4.69) is 5.32 Å². The second kappa shape index (κ2) is 11.4. The second-order valence-corrected chi connectivity index (χ2v) is 8.59. The number of carbonyl (C=O) groups is 2. The number of ether oxygens (including phenoxy) is 1. The maximum Gasteiger partial charge on any atom is 0.261 e. The van der Waals surface area contributed by atoms with Gasteiger partial charge in [0.05, 0.1) is 0 Å². The molecule has 0 heterocycles. The maximum atomic E-state index is 13.2.